The SMILES string of the molecule is Cc1cc(Cl)c(C(=O)OC(C)(C)C)cn1. The number of rotatable bonds is 1. The van der Waals surface area contributed by atoms with Crippen LogP contribution in [0.2, 0.25) is 5.02 Å². The Labute approximate surface area is 94.4 Å². The molecular formula is C11H14ClNO2. The highest BCUT2D eigenvalue weighted by Gasteiger charge is 2.20. The quantitative estimate of drug-likeness (QED) is 0.693. The van der Waals surface area contributed by atoms with Gasteiger partial charge >= 0.3 is 5.97 Å². The van der Waals surface area contributed by atoms with E-state index in [9.17, 15) is 4.79 Å². The van der Waals surface area contributed by atoms with Gasteiger partial charge in [0.25, 0.3) is 0 Å². The first-order valence-corrected chi connectivity index (χ1v) is 5.03. The van der Waals surface area contributed by atoms with E-state index in [1.807, 2.05) is 6.92 Å². The average molecular weight is 228 g/mol. The molecule has 0 aliphatic heterocycles. The highest BCUT2D eigenvalue weighted by atomic mass is 35.5. The Morgan fingerprint density at radius 1 is 1.47 bits per heavy atom. The Hall–Kier alpha value is -1.09. The number of halogens is 1. The highest BCUT2D eigenvalue weighted by molar-refractivity contribution is 6.33. The molecule has 0 saturated heterocycles. The number of hydrogen-bond acceptors (Lipinski definition) is 3. The van der Waals surface area contributed by atoms with E-state index < -0.39 is 11.6 Å². The maximum atomic E-state index is 11.6. The van der Waals surface area contributed by atoms with Gasteiger partial charge in [0.15, 0.2) is 0 Å². The van der Waals surface area contributed by atoms with Gasteiger partial charge in [-0.15, -0.1) is 0 Å². The van der Waals surface area contributed by atoms with Crippen molar-refractivity contribution in [1.29, 1.82) is 0 Å². The number of esters is 1. The summed E-state index contributed by atoms with van der Waals surface area (Å²) in [6.07, 6.45) is 1.44. The van der Waals surface area contributed by atoms with E-state index in [-0.39, 0.29) is 0 Å². The largest absolute Gasteiger partial charge is 0.456 e. The predicted molar refractivity (Wildman–Crippen MR) is 59.2 cm³/mol. The molecule has 4 heteroatoms. The minimum atomic E-state index is -0.523. The molecule has 0 amide bonds. The van der Waals surface area contributed by atoms with Crippen LogP contribution in [0.5, 0.6) is 0 Å². The molecule has 0 spiro atoms. The van der Waals surface area contributed by atoms with Crippen molar-refractivity contribution in [2.24, 2.45) is 0 Å². The van der Waals surface area contributed by atoms with E-state index in [4.69, 9.17) is 16.3 Å². The fourth-order valence-corrected chi connectivity index (χ4v) is 1.29. The summed E-state index contributed by atoms with van der Waals surface area (Å²) in [4.78, 5) is 15.7. The van der Waals surface area contributed by atoms with Gasteiger partial charge in [-0.05, 0) is 33.8 Å². The highest BCUT2D eigenvalue weighted by Crippen LogP contribution is 2.19. The first-order chi connectivity index (χ1) is 6.79. The van der Waals surface area contributed by atoms with E-state index in [1.165, 1.54) is 6.20 Å². The minimum Gasteiger partial charge on any atom is -0.456 e. The first-order valence-electron chi connectivity index (χ1n) is 4.65. The van der Waals surface area contributed by atoms with Crippen molar-refractivity contribution in [3.8, 4) is 0 Å². The summed E-state index contributed by atoms with van der Waals surface area (Å²) in [6.45, 7) is 7.23. The number of hydrogen-bond donors (Lipinski definition) is 0. The van der Waals surface area contributed by atoms with Gasteiger partial charge < -0.3 is 4.74 Å². The van der Waals surface area contributed by atoms with Crippen molar-refractivity contribution < 1.29 is 9.53 Å². The van der Waals surface area contributed by atoms with Crippen molar-refractivity contribution in [2.75, 3.05) is 0 Å². The van der Waals surface area contributed by atoms with Gasteiger partial charge in [0.1, 0.15) is 5.60 Å². The van der Waals surface area contributed by atoms with Gasteiger partial charge in [-0.25, -0.2) is 4.79 Å². The molecule has 0 N–H and O–H groups in total. The van der Waals surface area contributed by atoms with E-state index in [0.717, 1.165) is 5.69 Å². The summed E-state index contributed by atoms with van der Waals surface area (Å²) in [6, 6.07) is 1.64. The number of carbonyl (C=O) groups is 1. The second-order valence-electron chi connectivity index (χ2n) is 4.31. The summed E-state index contributed by atoms with van der Waals surface area (Å²) in [5.41, 5.74) is 0.551. The van der Waals surface area contributed by atoms with Crippen LogP contribution in [0.1, 0.15) is 36.8 Å². The molecule has 1 rings (SSSR count). The summed E-state index contributed by atoms with van der Waals surface area (Å²) >= 11 is 5.91. The van der Waals surface area contributed by atoms with Crippen LogP contribution in [0.15, 0.2) is 12.3 Å². The van der Waals surface area contributed by atoms with Gasteiger partial charge in [0.05, 0.1) is 10.6 Å². The van der Waals surface area contributed by atoms with Crippen molar-refractivity contribution in [3.63, 3.8) is 0 Å². The van der Waals surface area contributed by atoms with Crippen LogP contribution in [0, 0.1) is 6.92 Å². The molecule has 82 valence electrons. The van der Waals surface area contributed by atoms with Gasteiger partial charge in [-0.1, -0.05) is 11.6 Å². The molecule has 0 radical (unpaired) electrons. The molecule has 0 saturated carbocycles. The van der Waals surface area contributed by atoms with Gasteiger partial charge in [0, 0.05) is 11.9 Å². The maximum Gasteiger partial charge on any atom is 0.341 e. The van der Waals surface area contributed by atoms with Crippen LogP contribution in [0.3, 0.4) is 0 Å². The standard InChI is InChI=1S/C11H14ClNO2/c1-7-5-9(12)8(6-13-7)10(14)15-11(2,3)4/h5-6H,1-4H3. The summed E-state index contributed by atoms with van der Waals surface area (Å²) < 4.78 is 5.18. The molecule has 0 bridgehead atoms. The normalized spacial score (nSPS) is 11.3. The van der Waals surface area contributed by atoms with E-state index in [0.29, 0.717) is 10.6 Å². The van der Waals surface area contributed by atoms with Gasteiger partial charge in [-0.2, -0.15) is 0 Å². The second-order valence-corrected chi connectivity index (χ2v) is 4.71. The molecule has 1 aromatic rings. The molecule has 0 aliphatic carbocycles. The van der Waals surface area contributed by atoms with Crippen LogP contribution in [0.4, 0.5) is 0 Å². The lowest BCUT2D eigenvalue weighted by Gasteiger charge is -2.19. The topological polar surface area (TPSA) is 39.2 Å². The molecule has 0 aromatic carbocycles. The lowest BCUT2D eigenvalue weighted by molar-refractivity contribution is 0.00693. The molecule has 3 nitrogen and oxygen atoms in total. The summed E-state index contributed by atoms with van der Waals surface area (Å²) in [5, 5.41) is 0.372. The van der Waals surface area contributed by atoms with Crippen LogP contribution < -0.4 is 0 Å². The fourth-order valence-electron chi connectivity index (χ4n) is 1.01. The lowest BCUT2D eigenvalue weighted by Crippen LogP contribution is -2.24. The second kappa shape index (κ2) is 4.19. The Kier molecular flexibility index (Phi) is 3.35. The van der Waals surface area contributed by atoms with Gasteiger partial charge in [0.2, 0.25) is 0 Å². The van der Waals surface area contributed by atoms with Crippen molar-refractivity contribution in [2.45, 2.75) is 33.3 Å². The zero-order valence-electron chi connectivity index (χ0n) is 9.30. The number of ether oxygens (including phenoxy) is 1. The Morgan fingerprint density at radius 2 is 2.07 bits per heavy atom. The number of aromatic nitrogens is 1. The van der Waals surface area contributed by atoms with Crippen LogP contribution in [-0.4, -0.2) is 16.6 Å². The Balaban J connectivity index is 2.92. The van der Waals surface area contributed by atoms with Crippen LogP contribution >= 0.6 is 11.6 Å². The number of carbonyl (C=O) groups excluding carboxylic acids is 1. The molecule has 0 unspecified atom stereocenters. The van der Waals surface area contributed by atoms with Crippen molar-refractivity contribution in [1.82, 2.24) is 4.98 Å². The molecule has 1 heterocycles. The third-order valence-corrected chi connectivity index (χ3v) is 1.92. The maximum absolute atomic E-state index is 11.6. The molecule has 15 heavy (non-hydrogen) atoms. The lowest BCUT2D eigenvalue weighted by atomic mass is 10.2. The van der Waals surface area contributed by atoms with Crippen LogP contribution in [0.25, 0.3) is 0 Å². The Bertz CT molecular complexity index is 383. The first kappa shape index (κ1) is 12.0. The van der Waals surface area contributed by atoms with Crippen molar-refractivity contribution in [3.05, 3.63) is 28.5 Å². The average Bonchev–Trinajstić information content (AvgIpc) is 1.99. The third-order valence-electron chi connectivity index (χ3n) is 1.61. The number of nitrogens with zero attached hydrogens (tertiary/aromatic N) is 1. The van der Waals surface area contributed by atoms with E-state index in [1.54, 1.807) is 26.8 Å². The fraction of sp³-hybridized carbons (Fsp3) is 0.455. The summed E-state index contributed by atoms with van der Waals surface area (Å²) in [7, 11) is 0. The van der Waals surface area contributed by atoms with Crippen molar-refractivity contribution >= 4 is 17.6 Å². The minimum absolute atomic E-state index is 0.303. The summed E-state index contributed by atoms with van der Waals surface area (Å²) in [5.74, 6) is -0.444. The Morgan fingerprint density at radius 3 is 2.53 bits per heavy atom. The number of aryl methyl sites for hydroxylation is 1. The zero-order valence-corrected chi connectivity index (χ0v) is 10.1. The number of pyridine rings is 1. The van der Waals surface area contributed by atoms with E-state index >= 15 is 0 Å². The molecule has 0 aliphatic rings. The van der Waals surface area contributed by atoms with Gasteiger partial charge in [-0.3, -0.25) is 4.98 Å². The monoisotopic (exact) mass is 227 g/mol. The molecular weight excluding hydrogens is 214 g/mol. The zero-order chi connectivity index (χ0) is 11.6. The smallest absolute Gasteiger partial charge is 0.341 e. The molecule has 0 atom stereocenters. The van der Waals surface area contributed by atoms with Crippen LogP contribution in [-0.2, 0) is 4.74 Å². The molecule has 1 aromatic heterocycles. The molecule has 0 fully saturated rings. The van der Waals surface area contributed by atoms with E-state index in [2.05, 4.69) is 4.98 Å². The predicted octanol–water partition coefficient (Wildman–Crippen LogP) is 3.00. The third kappa shape index (κ3) is 3.51.